The summed E-state index contributed by atoms with van der Waals surface area (Å²) in [7, 11) is 0. The maximum Gasteiger partial charge on any atom is 0.416 e. The number of benzene rings is 2. The molecule has 0 fully saturated rings. The highest BCUT2D eigenvalue weighted by molar-refractivity contribution is 6.05. The van der Waals surface area contributed by atoms with Crippen molar-refractivity contribution in [3.8, 4) is 0 Å². The first-order chi connectivity index (χ1) is 15.4. The van der Waals surface area contributed by atoms with Crippen molar-refractivity contribution < 1.29 is 18.0 Å². The summed E-state index contributed by atoms with van der Waals surface area (Å²) in [5.74, 6) is -0.191. The number of hydrogen-bond donors (Lipinski definition) is 4. The SMILES string of the molecule is Cc1c(NCC(C)(C)N)c(C(N)=O)c(Nc2ccccc2)n1Cc1ccc(C(F)(F)F)cc1. The number of anilines is 3. The number of para-hydroxylation sites is 1. The fourth-order valence-electron chi connectivity index (χ4n) is 3.48. The second-order valence-electron chi connectivity index (χ2n) is 8.66. The molecule has 33 heavy (non-hydrogen) atoms. The third-order valence-corrected chi connectivity index (χ3v) is 5.15. The Bertz CT molecular complexity index is 1110. The lowest BCUT2D eigenvalue weighted by atomic mass is 10.1. The van der Waals surface area contributed by atoms with Crippen LogP contribution in [-0.2, 0) is 12.7 Å². The summed E-state index contributed by atoms with van der Waals surface area (Å²) in [4.78, 5) is 12.5. The van der Waals surface area contributed by atoms with Gasteiger partial charge in [-0.25, -0.2) is 0 Å². The van der Waals surface area contributed by atoms with Crippen LogP contribution < -0.4 is 22.1 Å². The molecule has 1 heterocycles. The first-order valence-electron chi connectivity index (χ1n) is 10.4. The van der Waals surface area contributed by atoms with Crippen LogP contribution in [0.5, 0.6) is 0 Å². The van der Waals surface area contributed by atoms with Crippen LogP contribution in [0.3, 0.4) is 0 Å². The van der Waals surface area contributed by atoms with Gasteiger partial charge in [0.1, 0.15) is 11.4 Å². The first kappa shape index (κ1) is 24.2. The molecule has 0 unspecified atom stereocenters. The fourth-order valence-corrected chi connectivity index (χ4v) is 3.48. The van der Waals surface area contributed by atoms with Crippen molar-refractivity contribution in [1.29, 1.82) is 0 Å². The number of carbonyl (C=O) groups excluding carboxylic acids is 1. The van der Waals surface area contributed by atoms with Gasteiger partial charge in [0.15, 0.2) is 0 Å². The molecule has 0 radical (unpaired) electrons. The predicted molar refractivity (Wildman–Crippen MR) is 125 cm³/mol. The van der Waals surface area contributed by atoms with E-state index in [9.17, 15) is 18.0 Å². The Kier molecular flexibility index (Phi) is 6.73. The van der Waals surface area contributed by atoms with Crippen LogP contribution in [0, 0.1) is 6.92 Å². The zero-order valence-electron chi connectivity index (χ0n) is 18.8. The van der Waals surface area contributed by atoms with Gasteiger partial charge in [0, 0.05) is 30.0 Å². The summed E-state index contributed by atoms with van der Waals surface area (Å²) < 4.78 is 40.7. The average Bonchev–Trinajstić information content (AvgIpc) is 2.98. The highest BCUT2D eigenvalue weighted by Crippen LogP contribution is 2.35. The molecule has 0 atom stereocenters. The number of alkyl halides is 3. The van der Waals surface area contributed by atoms with E-state index in [-0.39, 0.29) is 12.1 Å². The van der Waals surface area contributed by atoms with E-state index < -0.39 is 23.2 Å². The Morgan fingerprint density at radius 3 is 2.15 bits per heavy atom. The zero-order chi connectivity index (χ0) is 24.4. The van der Waals surface area contributed by atoms with Crippen molar-refractivity contribution >= 4 is 23.1 Å². The second-order valence-corrected chi connectivity index (χ2v) is 8.66. The van der Waals surface area contributed by atoms with Crippen LogP contribution in [-0.4, -0.2) is 22.6 Å². The van der Waals surface area contributed by atoms with Gasteiger partial charge in [-0.2, -0.15) is 13.2 Å². The minimum absolute atomic E-state index is 0.229. The molecule has 3 rings (SSSR count). The summed E-state index contributed by atoms with van der Waals surface area (Å²) in [6.07, 6.45) is -4.41. The largest absolute Gasteiger partial charge is 0.416 e. The number of rotatable bonds is 8. The summed E-state index contributed by atoms with van der Waals surface area (Å²) in [6.45, 7) is 6.12. The monoisotopic (exact) mass is 459 g/mol. The van der Waals surface area contributed by atoms with Gasteiger partial charge in [0.25, 0.3) is 5.91 Å². The van der Waals surface area contributed by atoms with Crippen LogP contribution in [0.25, 0.3) is 0 Å². The molecule has 6 nitrogen and oxygen atoms in total. The van der Waals surface area contributed by atoms with Gasteiger partial charge in [0.2, 0.25) is 0 Å². The van der Waals surface area contributed by atoms with E-state index in [0.29, 0.717) is 29.3 Å². The molecule has 0 saturated heterocycles. The van der Waals surface area contributed by atoms with Crippen LogP contribution in [0.15, 0.2) is 54.6 Å². The highest BCUT2D eigenvalue weighted by Gasteiger charge is 2.30. The maximum absolute atomic E-state index is 13.0. The molecule has 1 aromatic heterocycles. The van der Waals surface area contributed by atoms with E-state index in [1.807, 2.05) is 55.7 Å². The Hall–Kier alpha value is -3.46. The summed E-state index contributed by atoms with van der Waals surface area (Å²) >= 11 is 0. The Morgan fingerprint density at radius 2 is 1.64 bits per heavy atom. The standard InChI is InChI=1S/C24H28F3N5O/c1-15-20(30-14-23(2,3)29)19(21(28)33)22(31-18-7-5-4-6-8-18)32(15)13-16-9-11-17(12-10-16)24(25,26)27/h4-12,30-31H,13-14,29H2,1-3H3,(H2,28,33). The first-order valence-corrected chi connectivity index (χ1v) is 10.4. The smallest absolute Gasteiger partial charge is 0.381 e. The molecule has 176 valence electrons. The van der Waals surface area contributed by atoms with Crippen molar-refractivity contribution in [2.24, 2.45) is 11.5 Å². The molecule has 0 saturated carbocycles. The third kappa shape index (κ3) is 5.87. The van der Waals surface area contributed by atoms with Crippen molar-refractivity contribution in [2.45, 2.75) is 39.0 Å². The molecule has 0 aliphatic carbocycles. The van der Waals surface area contributed by atoms with Gasteiger partial charge in [-0.15, -0.1) is 0 Å². The molecule has 9 heteroatoms. The summed E-state index contributed by atoms with van der Waals surface area (Å²) in [6, 6.07) is 14.2. The van der Waals surface area contributed by atoms with E-state index in [2.05, 4.69) is 10.6 Å². The molecular weight excluding hydrogens is 431 g/mol. The third-order valence-electron chi connectivity index (χ3n) is 5.15. The molecule has 0 aliphatic heterocycles. The fraction of sp³-hybridized carbons (Fsp3) is 0.292. The lowest BCUT2D eigenvalue weighted by molar-refractivity contribution is -0.137. The highest BCUT2D eigenvalue weighted by atomic mass is 19.4. The van der Waals surface area contributed by atoms with Gasteiger partial charge in [-0.3, -0.25) is 4.79 Å². The average molecular weight is 460 g/mol. The van der Waals surface area contributed by atoms with Crippen LogP contribution in [0.4, 0.5) is 30.4 Å². The van der Waals surface area contributed by atoms with Gasteiger partial charge >= 0.3 is 6.18 Å². The van der Waals surface area contributed by atoms with E-state index in [1.54, 1.807) is 0 Å². The number of hydrogen-bond acceptors (Lipinski definition) is 4. The topological polar surface area (TPSA) is 98.1 Å². The van der Waals surface area contributed by atoms with Crippen molar-refractivity contribution in [1.82, 2.24) is 4.57 Å². The zero-order valence-corrected chi connectivity index (χ0v) is 18.8. The maximum atomic E-state index is 13.0. The van der Waals surface area contributed by atoms with Gasteiger partial charge in [0.05, 0.1) is 11.3 Å². The van der Waals surface area contributed by atoms with Crippen molar-refractivity contribution in [2.75, 3.05) is 17.2 Å². The number of nitrogens with zero attached hydrogens (tertiary/aromatic N) is 1. The van der Waals surface area contributed by atoms with E-state index >= 15 is 0 Å². The number of aromatic nitrogens is 1. The summed E-state index contributed by atoms with van der Waals surface area (Å²) in [5.41, 5.74) is 13.5. The lowest BCUT2D eigenvalue weighted by Gasteiger charge is -2.20. The molecule has 0 bridgehead atoms. The normalized spacial score (nSPS) is 12.0. The summed E-state index contributed by atoms with van der Waals surface area (Å²) in [5, 5.41) is 6.48. The number of nitrogens with one attached hydrogen (secondary N) is 2. The van der Waals surface area contributed by atoms with E-state index in [0.717, 1.165) is 17.8 Å². The molecular formula is C24H28F3N5O. The minimum Gasteiger partial charge on any atom is -0.381 e. The second kappa shape index (κ2) is 9.19. The number of amides is 1. The van der Waals surface area contributed by atoms with Gasteiger partial charge in [-0.1, -0.05) is 30.3 Å². The molecule has 0 aliphatic rings. The predicted octanol–water partition coefficient (Wildman–Crippen LogP) is 4.86. The lowest BCUT2D eigenvalue weighted by Crippen LogP contribution is -2.40. The number of halogens is 3. The molecule has 1 amide bonds. The van der Waals surface area contributed by atoms with Crippen molar-refractivity contribution in [3.05, 3.63) is 77.0 Å². The Morgan fingerprint density at radius 1 is 1.03 bits per heavy atom. The van der Waals surface area contributed by atoms with Crippen LogP contribution in [0.2, 0.25) is 0 Å². The van der Waals surface area contributed by atoms with Gasteiger partial charge in [-0.05, 0) is 50.6 Å². The number of nitrogens with two attached hydrogens (primary N) is 2. The molecule has 2 aromatic carbocycles. The molecule has 3 aromatic rings. The minimum atomic E-state index is -4.41. The molecule has 0 spiro atoms. The quantitative estimate of drug-likeness (QED) is 0.387. The van der Waals surface area contributed by atoms with Crippen molar-refractivity contribution in [3.63, 3.8) is 0 Å². The van der Waals surface area contributed by atoms with Crippen LogP contribution in [0.1, 0.15) is 41.0 Å². The van der Waals surface area contributed by atoms with E-state index in [4.69, 9.17) is 11.5 Å². The molecule has 6 N–H and O–H groups in total. The Balaban J connectivity index is 2.08. The van der Waals surface area contributed by atoms with Crippen LogP contribution >= 0.6 is 0 Å². The van der Waals surface area contributed by atoms with E-state index in [1.165, 1.54) is 12.1 Å². The number of carbonyl (C=O) groups is 1. The number of primary amides is 1. The Labute approximate surface area is 190 Å². The van der Waals surface area contributed by atoms with Gasteiger partial charge < -0.3 is 26.7 Å².